The first kappa shape index (κ1) is 95.9. The Kier molecular flexibility index (Phi) is 63.5. The molecule has 0 heterocycles. The van der Waals surface area contributed by atoms with Gasteiger partial charge in [0.05, 0.1) is 9.79 Å². The second kappa shape index (κ2) is 67.0. The predicted octanol–water partition coefficient (Wildman–Crippen LogP) is 30.3. The van der Waals surface area contributed by atoms with E-state index in [2.05, 4.69) is 64.1 Å². The van der Waals surface area contributed by atoms with E-state index in [9.17, 15) is 25.9 Å². The van der Waals surface area contributed by atoms with Gasteiger partial charge in [0.1, 0.15) is 20.2 Å². The molecule has 4 aromatic rings. The molecule has 0 bridgehead atoms. The van der Waals surface area contributed by atoms with Gasteiger partial charge in [0.2, 0.25) is 0 Å². The van der Waals surface area contributed by atoms with E-state index >= 15 is 0 Å². The van der Waals surface area contributed by atoms with E-state index in [0.717, 1.165) is 96.9 Å². The molecule has 0 fully saturated rings. The van der Waals surface area contributed by atoms with Crippen LogP contribution in [0.4, 0.5) is 0 Å². The van der Waals surface area contributed by atoms with Gasteiger partial charge in [-0.25, -0.2) is 16.8 Å². The summed E-state index contributed by atoms with van der Waals surface area (Å²) in [6.45, 7) is 9.14. The van der Waals surface area contributed by atoms with Gasteiger partial charge in [-0.2, -0.15) is 0 Å². The Morgan fingerprint density at radius 3 is 0.535 bits per heavy atom. The van der Waals surface area contributed by atoms with Gasteiger partial charge in [0, 0.05) is 0 Å². The number of hydrogen-bond donors (Lipinski definition) is 0. The van der Waals surface area contributed by atoms with Gasteiger partial charge in [-0.3, -0.25) is 0 Å². The Bertz CT molecular complexity index is 2570. The van der Waals surface area contributed by atoms with E-state index in [0.29, 0.717) is 0 Å². The molecule has 576 valence electrons. The number of aryl methyl sites for hydroxylation is 4. The molecule has 4 aromatic carbocycles. The van der Waals surface area contributed by atoms with Crippen LogP contribution in [0, 0.1) is 0 Å². The molecular formula is C92H158BaO6S2. The second-order valence-electron chi connectivity index (χ2n) is 31.3. The molecule has 0 radical (unpaired) electrons. The summed E-state index contributed by atoms with van der Waals surface area (Å²) >= 11 is 0. The van der Waals surface area contributed by atoms with Crippen LogP contribution in [0.15, 0.2) is 70.5 Å². The SMILES string of the molecule is CCCCCCCCCCCCCCCCCCc1cc(S(=O)(=O)[O-])cc2c(CCCCCCCCCCCCCCCCCC)cccc12.CCCCCCCCCCCCCCCCCCc1cc(S(=O)(=O)[O-])cc2c(CCCCCCCCCCCCCCCCCC)cccc12.[Ba+2]. The van der Waals surface area contributed by atoms with Crippen LogP contribution in [0.25, 0.3) is 21.5 Å². The first-order valence-electron chi connectivity index (χ1n) is 43.9. The van der Waals surface area contributed by atoms with Crippen LogP contribution in [0.5, 0.6) is 0 Å². The first-order valence-corrected chi connectivity index (χ1v) is 46.8. The number of hydrogen-bond acceptors (Lipinski definition) is 6. The van der Waals surface area contributed by atoms with Gasteiger partial charge in [-0.1, -0.05) is 449 Å². The number of benzene rings is 4. The fourth-order valence-electron chi connectivity index (χ4n) is 15.6. The van der Waals surface area contributed by atoms with E-state index in [1.165, 1.54) is 384 Å². The van der Waals surface area contributed by atoms with Crippen LogP contribution in [-0.2, 0) is 45.9 Å². The Labute approximate surface area is 667 Å². The van der Waals surface area contributed by atoms with Crippen LogP contribution in [0.3, 0.4) is 0 Å². The van der Waals surface area contributed by atoms with Crippen molar-refractivity contribution in [3.63, 3.8) is 0 Å². The van der Waals surface area contributed by atoms with Gasteiger partial charge >= 0.3 is 48.9 Å². The van der Waals surface area contributed by atoms with E-state index in [-0.39, 0.29) is 58.7 Å². The zero-order valence-electron chi connectivity index (χ0n) is 66.8. The van der Waals surface area contributed by atoms with Crippen molar-refractivity contribution in [2.45, 2.75) is 474 Å². The quantitative estimate of drug-likeness (QED) is 0.0247. The summed E-state index contributed by atoms with van der Waals surface area (Å²) in [5.41, 5.74) is 4.42. The Morgan fingerprint density at radius 1 is 0.208 bits per heavy atom. The molecule has 6 nitrogen and oxygen atoms in total. The minimum atomic E-state index is -4.50. The largest absolute Gasteiger partial charge is 2.00 e. The molecule has 101 heavy (non-hydrogen) atoms. The van der Waals surface area contributed by atoms with Crippen molar-refractivity contribution in [1.82, 2.24) is 0 Å². The van der Waals surface area contributed by atoms with Crippen molar-refractivity contribution < 1.29 is 25.9 Å². The fraction of sp³-hybridized carbons (Fsp3) is 0.783. The van der Waals surface area contributed by atoms with E-state index in [1.54, 1.807) is 24.3 Å². The predicted molar refractivity (Wildman–Crippen MR) is 443 cm³/mol. The molecule has 4 rings (SSSR count). The normalized spacial score (nSPS) is 11.9. The third kappa shape index (κ3) is 50.9. The monoisotopic (exact) mass is 1560 g/mol. The molecule has 0 aromatic heterocycles. The summed E-state index contributed by atoms with van der Waals surface area (Å²) in [5.74, 6) is 0. The van der Waals surface area contributed by atoms with Crippen molar-refractivity contribution in [3.05, 3.63) is 82.9 Å². The van der Waals surface area contributed by atoms with Gasteiger partial charge in [-0.05, 0) is 119 Å². The molecule has 0 saturated heterocycles. The maximum absolute atomic E-state index is 12.1. The molecule has 0 aliphatic rings. The molecule has 0 aliphatic carbocycles. The third-order valence-corrected chi connectivity index (χ3v) is 23.7. The van der Waals surface area contributed by atoms with Crippen LogP contribution < -0.4 is 0 Å². The minimum Gasteiger partial charge on any atom is -0.744 e. The fourth-order valence-corrected chi connectivity index (χ4v) is 16.7. The summed E-state index contributed by atoms with van der Waals surface area (Å²) < 4.78 is 72.8. The molecule has 0 unspecified atom stereocenters. The molecule has 0 aliphatic heterocycles. The number of rotatable bonds is 70. The summed E-state index contributed by atoms with van der Waals surface area (Å²) in [6.07, 6.45) is 89.7. The Balaban J connectivity index is 0.000000680. The smallest absolute Gasteiger partial charge is 0.744 e. The number of fused-ring (bicyclic) bond motifs is 2. The molecule has 0 spiro atoms. The van der Waals surface area contributed by atoms with Crippen molar-refractivity contribution in [3.8, 4) is 0 Å². The standard InChI is InChI=1S/2C46H80O3S.Ba/c2*1-3-5-7-9-11-13-15-17-19-21-23-25-27-29-31-33-36-42-38-35-39-45-43(40-44(41-46(42)45)50(47,48)49)37-34-32-30-28-26-24-22-20-18-16-14-12-10-8-6-4-2;/h2*35,38-41H,3-34,36-37H2,1-2H3,(H,47,48,49);/q;;+2/p-2. The summed E-state index contributed by atoms with van der Waals surface area (Å²) in [6, 6.07) is 19.4. The number of unbranched alkanes of at least 4 members (excludes halogenated alkanes) is 60. The minimum absolute atomic E-state index is 0. The molecule has 0 amide bonds. The topological polar surface area (TPSA) is 114 Å². The average molecular weight is 1560 g/mol. The van der Waals surface area contributed by atoms with Crippen LogP contribution >= 0.6 is 0 Å². The summed E-state index contributed by atoms with van der Waals surface area (Å²) in [4.78, 5) is -0.119. The van der Waals surface area contributed by atoms with Gasteiger partial charge in [-0.15, -0.1) is 0 Å². The Hall–Kier alpha value is -1.21. The maximum atomic E-state index is 12.1. The zero-order valence-corrected chi connectivity index (χ0v) is 72.9. The second-order valence-corrected chi connectivity index (χ2v) is 34.1. The third-order valence-electron chi connectivity index (χ3n) is 22.1. The van der Waals surface area contributed by atoms with Crippen LogP contribution in [0.2, 0.25) is 0 Å². The van der Waals surface area contributed by atoms with Gasteiger partial charge < -0.3 is 9.11 Å². The Morgan fingerprint density at radius 2 is 0.366 bits per heavy atom. The van der Waals surface area contributed by atoms with Gasteiger partial charge in [0.25, 0.3) is 0 Å². The van der Waals surface area contributed by atoms with Crippen molar-refractivity contribution >= 4 is 90.7 Å². The van der Waals surface area contributed by atoms with Crippen molar-refractivity contribution in [1.29, 1.82) is 0 Å². The van der Waals surface area contributed by atoms with Crippen molar-refractivity contribution in [2.75, 3.05) is 0 Å². The van der Waals surface area contributed by atoms with Crippen LogP contribution in [0.1, 0.15) is 461 Å². The van der Waals surface area contributed by atoms with E-state index < -0.39 is 20.2 Å². The van der Waals surface area contributed by atoms with Crippen molar-refractivity contribution in [2.24, 2.45) is 0 Å². The molecule has 0 saturated carbocycles. The molecule has 0 N–H and O–H groups in total. The first-order chi connectivity index (χ1) is 48.9. The molecule has 0 atom stereocenters. The van der Waals surface area contributed by atoms with E-state index in [4.69, 9.17) is 0 Å². The molecule has 9 heteroatoms. The maximum Gasteiger partial charge on any atom is 2.00 e. The summed E-state index contributed by atoms with van der Waals surface area (Å²) in [5, 5.41) is 4.20. The van der Waals surface area contributed by atoms with Gasteiger partial charge in [0.15, 0.2) is 0 Å². The summed E-state index contributed by atoms with van der Waals surface area (Å²) in [7, 11) is -8.99. The average Bonchev–Trinajstić information content (AvgIpc) is 0.790. The molecular weight excluding hydrogens is 1400 g/mol. The van der Waals surface area contributed by atoms with Crippen LogP contribution in [-0.4, -0.2) is 74.8 Å². The zero-order chi connectivity index (χ0) is 71.9. The van der Waals surface area contributed by atoms with E-state index in [1.807, 2.05) is 0 Å².